The molecular weight excluding hydrogens is 404 g/mol. The molecule has 5 heteroatoms. The molecule has 31 heavy (non-hydrogen) atoms. The fourth-order valence-corrected chi connectivity index (χ4v) is 3.80. The first-order valence-electron chi connectivity index (χ1n) is 10.2. The minimum absolute atomic E-state index is 0.506. The number of para-hydroxylation sites is 2. The van der Waals surface area contributed by atoms with Crippen molar-refractivity contribution < 1.29 is 0 Å². The minimum Gasteiger partial charge on any atom is -0.398 e. The van der Waals surface area contributed by atoms with Gasteiger partial charge in [-0.15, -0.1) is 0 Å². The van der Waals surface area contributed by atoms with Crippen LogP contribution in [0, 0.1) is 0 Å². The van der Waals surface area contributed by atoms with E-state index in [1.54, 1.807) is 0 Å². The van der Waals surface area contributed by atoms with Gasteiger partial charge in [-0.05, 0) is 34.9 Å². The largest absolute Gasteiger partial charge is 0.398 e. The van der Waals surface area contributed by atoms with Gasteiger partial charge in [-0.2, -0.15) is 0 Å². The van der Waals surface area contributed by atoms with E-state index >= 15 is 0 Å². The van der Waals surface area contributed by atoms with Crippen LogP contribution >= 0.6 is 11.6 Å². The fourth-order valence-electron chi connectivity index (χ4n) is 3.64. The van der Waals surface area contributed by atoms with E-state index in [1.807, 2.05) is 60.8 Å². The van der Waals surface area contributed by atoms with Crippen molar-refractivity contribution in [2.45, 2.75) is 19.6 Å². The molecule has 0 aliphatic heterocycles. The first-order valence-corrected chi connectivity index (χ1v) is 10.6. The van der Waals surface area contributed by atoms with Crippen molar-refractivity contribution in [3.8, 4) is 11.1 Å². The quantitative estimate of drug-likeness (QED) is 0.289. The maximum absolute atomic E-state index is 6.51. The van der Waals surface area contributed by atoms with E-state index in [-0.39, 0.29) is 0 Å². The number of benzene rings is 3. The van der Waals surface area contributed by atoms with E-state index < -0.39 is 0 Å². The Labute approximate surface area is 188 Å². The summed E-state index contributed by atoms with van der Waals surface area (Å²) in [5.41, 5.74) is 19.3. The lowest BCUT2D eigenvalue weighted by Gasteiger charge is -2.24. The first-order chi connectivity index (χ1) is 15.1. The zero-order valence-corrected chi connectivity index (χ0v) is 18.0. The molecule has 0 fully saturated rings. The molecule has 0 bridgehead atoms. The number of nitrogens with zero attached hydrogens (tertiary/aromatic N) is 2. The number of anilines is 2. The maximum atomic E-state index is 6.51. The van der Waals surface area contributed by atoms with Crippen LogP contribution in [0.15, 0.2) is 91.1 Å². The van der Waals surface area contributed by atoms with Gasteiger partial charge in [-0.25, -0.2) is 4.98 Å². The molecule has 0 radical (unpaired) electrons. The summed E-state index contributed by atoms with van der Waals surface area (Å²) < 4.78 is 0. The summed E-state index contributed by atoms with van der Waals surface area (Å²) in [5.74, 6) is 0. The van der Waals surface area contributed by atoms with Crippen molar-refractivity contribution in [2.24, 2.45) is 0 Å². The lowest BCUT2D eigenvalue weighted by molar-refractivity contribution is 0.248. The Balaban J connectivity index is 1.65. The number of halogens is 1. The van der Waals surface area contributed by atoms with E-state index in [4.69, 9.17) is 23.1 Å². The monoisotopic (exact) mass is 428 g/mol. The van der Waals surface area contributed by atoms with Gasteiger partial charge in [0.25, 0.3) is 0 Å². The summed E-state index contributed by atoms with van der Waals surface area (Å²) in [7, 11) is 0. The molecule has 4 rings (SSSR count). The topological polar surface area (TPSA) is 68.2 Å². The average molecular weight is 429 g/mol. The van der Waals surface area contributed by atoms with Crippen LogP contribution in [0.3, 0.4) is 0 Å². The number of rotatable bonds is 7. The van der Waals surface area contributed by atoms with E-state index in [2.05, 4.69) is 40.2 Å². The third-order valence-electron chi connectivity index (χ3n) is 5.31. The van der Waals surface area contributed by atoms with Gasteiger partial charge in [0.1, 0.15) is 5.15 Å². The van der Waals surface area contributed by atoms with Gasteiger partial charge in [-0.3, -0.25) is 4.90 Å². The summed E-state index contributed by atoms with van der Waals surface area (Å²) >= 11 is 6.51. The van der Waals surface area contributed by atoms with Crippen LogP contribution in [0.5, 0.6) is 0 Å². The molecule has 0 aliphatic rings. The molecule has 0 saturated heterocycles. The van der Waals surface area contributed by atoms with Crippen LogP contribution in [0.2, 0.25) is 5.15 Å². The zero-order valence-electron chi connectivity index (χ0n) is 17.2. The molecule has 4 aromatic rings. The number of hydrogen-bond acceptors (Lipinski definition) is 4. The van der Waals surface area contributed by atoms with Gasteiger partial charge in [0.15, 0.2) is 0 Å². The molecule has 4 nitrogen and oxygen atoms in total. The van der Waals surface area contributed by atoms with Gasteiger partial charge in [0.05, 0.1) is 0 Å². The summed E-state index contributed by atoms with van der Waals surface area (Å²) in [6.07, 6.45) is 1.82. The van der Waals surface area contributed by atoms with Crippen molar-refractivity contribution in [2.75, 3.05) is 11.5 Å². The zero-order chi connectivity index (χ0) is 21.6. The van der Waals surface area contributed by atoms with Crippen molar-refractivity contribution in [1.29, 1.82) is 0 Å². The van der Waals surface area contributed by atoms with Gasteiger partial charge in [-0.1, -0.05) is 78.3 Å². The summed E-state index contributed by atoms with van der Waals surface area (Å²) in [6.45, 7) is 1.97. The third-order valence-corrected chi connectivity index (χ3v) is 5.65. The lowest BCUT2D eigenvalue weighted by Crippen LogP contribution is -2.24. The maximum Gasteiger partial charge on any atom is 0.133 e. The number of aromatic nitrogens is 1. The Morgan fingerprint density at radius 1 is 0.645 bits per heavy atom. The second-order valence-corrected chi connectivity index (χ2v) is 7.94. The Morgan fingerprint density at radius 2 is 1.16 bits per heavy atom. The van der Waals surface area contributed by atoms with Gasteiger partial charge in [0, 0.05) is 48.3 Å². The molecule has 3 aromatic carbocycles. The third kappa shape index (κ3) is 5.23. The van der Waals surface area contributed by atoms with Gasteiger partial charge in [0.2, 0.25) is 0 Å². The molecule has 156 valence electrons. The molecule has 0 unspecified atom stereocenters. The lowest BCUT2D eigenvalue weighted by atomic mass is 10.1. The van der Waals surface area contributed by atoms with Crippen LogP contribution < -0.4 is 11.5 Å². The van der Waals surface area contributed by atoms with Crippen LogP contribution in [0.25, 0.3) is 11.1 Å². The van der Waals surface area contributed by atoms with Crippen molar-refractivity contribution in [3.05, 3.63) is 113 Å². The molecule has 0 atom stereocenters. The van der Waals surface area contributed by atoms with Gasteiger partial charge >= 0.3 is 0 Å². The molecule has 4 N–H and O–H groups in total. The highest BCUT2D eigenvalue weighted by Crippen LogP contribution is 2.26. The highest BCUT2D eigenvalue weighted by molar-refractivity contribution is 6.30. The summed E-state index contributed by atoms with van der Waals surface area (Å²) in [5, 5.41) is 0.506. The van der Waals surface area contributed by atoms with Crippen molar-refractivity contribution in [1.82, 2.24) is 9.88 Å². The van der Waals surface area contributed by atoms with Crippen LogP contribution in [-0.2, 0) is 19.6 Å². The predicted octanol–water partition coefficient (Wildman–Crippen LogP) is 5.77. The van der Waals surface area contributed by atoms with Crippen molar-refractivity contribution >= 4 is 23.0 Å². The molecule has 0 aliphatic carbocycles. The molecule has 0 spiro atoms. The van der Waals surface area contributed by atoms with Gasteiger partial charge < -0.3 is 11.5 Å². The molecular formula is C26H25ClN4. The standard InChI is InChI=1S/C26H25ClN4/c27-26-23(14-22(15-30-26)19-8-2-1-3-9-19)18-31(16-20-10-4-6-12-24(20)28)17-21-11-5-7-13-25(21)29/h1-15H,16-18,28-29H2. The SMILES string of the molecule is Nc1ccccc1CN(Cc1ccccc1N)Cc1cc(-c2ccccc2)cnc1Cl. The highest BCUT2D eigenvalue weighted by atomic mass is 35.5. The Bertz CT molecular complexity index is 1110. The van der Waals surface area contributed by atoms with E-state index in [0.29, 0.717) is 24.8 Å². The summed E-state index contributed by atoms with van der Waals surface area (Å²) in [4.78, 5) is 6.73. The molecule has 0 saturated carbocycles. The molecule has 1 aromatic heterocycles. The van der Waals surface area contributed by atoms with Crippen LogP contribution in [-0.4, -0.2) is 9.88 Å². The van der Waals surface area contributed by atoms with Crippen LogP contribution in [0.1, 0.15) is 16.7 Å². The first kappa shape index (κ1) is 20.9. The summed E-state index contributed by atoms with van der Waals surface area (Å²) in [6, 6.07) is 28.2. The second-order valence-electron chi connectivity index (χ2n) is 7.58. The number of pyridine rings is 1. The normalized spacial score (nSPS) is 11.0. The second kappa shape index (κ2) is 9.65. The number of hydrogen-bond donors (Lipinski definition) is 2. The van der Waals surface area contributed by atoms with E-state index in [9.17, 15) is 0 Å². The molecule has 0 amide bonds. The van der Waals surface area contributed by atoms with E-state index in [0.717, 1.165) is 39.2 Å². The smallest absolute Gasteiger partial charge is 0.133 e. The van der Waals surface area contributed by atoms with Crippen LogP contribution in [0.4, 0.5) is 11.4 Å². The highest BCUT2D eigenvalue weighted by Gasteiger charge is 2.15. The minimum atomic E-state index is 0.506. The predicted molar refractivity (Wildman–Crippen MR) is 129 cm³/mol. The number of nitrogen functional groups attached to an aromatic ring is 2. The Kier molecular flexibility index (Phi) is 6.51. The fraction of sp³-hybridized carbons (Fsp3) is 0.115. The average Bonchev–Trinajstić information content (AvgIpc) is 2.79. The van der Waals surface area contributed by atoms with E-state index in [1.165, 1.54) is 0 Å². The molecule has 1 heterocycles. The Morgan fingerprint density at radius 3 is 1.74 bits per heavy atom. The van der Waals surface area contributed by atoms with Crippen molar-refractivity contribution in [3.63, 3.8) is 0 Å². The Hall–Kier alpha value is -3.34. The number of nitrogens with two attached hydrogens (primary N) is 2.